The van der Waals surface area contributed by atoms with Crippen molar-refractivity contribution in [2.75, 3.05) is 40.4 Å². The molecule has 0 bridgehead atoms. The van der Waals surface area contributed by atoms with E-state index in [1.807, 2.05) is 26.1 Å². The fourth-order valence-electron chi connectivity index (χ4n) is 2.30. The van der Waals surface area contributed by atoms with Crippen LogP contribution in [0.1, 0.15) is 22.9 Å². The second-order valence-corrected chi connectivity index (χ2v) is 6.21. The van der Waals surface area contributed by atoms with E-state index >= 15 is 0 Å². The number of methoxy groups -OCH3 is 1. The Morgan fingerprint density at radius 2 is 2.04 bits per heavy atom. The number of carbonyl (C=O) groups is 1. The van der Waals surface area contributed by atoms with Crippen molar-refractivity contribution in [3.05, 3.63) is 40.9 Å². The predicted octanol–water partition coefficient (Wildman–Crippen LogP) is 1.93. The topological polar surface area (TPSA) is 72.3 Å². The molecular formula is C17H24ClN5O2. The van der Waals surface area contributed by atoms with Gasteiger partial charge in [0.15, 0.2) is 0 Å². The highest BCUT2D eigenvalue weighted by atomic mass is 35.5. The van der Waals surface area contributed by atoms with Gasteiger partial charge in [-0.05, 0) is 51.2 Å². The molecule has 0 aliphatic rings. The van der Waals surface area contributed by atoms with Gasteiger partial charge >= 0.3 is 0 Å². The molecule has 2 rings (SSSR count). The van der Waals surface area contributed by atoms with E-state index in [4.69, 9.17) is 16.3 Å². The van der Waals surface area contributed by atoms with Crippen LogP contribution in [0.4, 0.5) is 0 Å². The molecule has 0 unspecified atom stereocenters. The number of rotatable bonds is 9. The van der Waals surface area contributed by atoms with Crippen LogP contribution in [0, 0.1) is 6.92 Å². The minimum Gasteiger partial charge on any atom is -0.383 e. The second-order valence-electron chi connectivity index (χ2n) is 5.78. The summed E-state index contributed by atoms with van der Waals surface area (Å²) in [6, 6.07) is 7.22. The van der Waals surface area contributed by atoms with Crippen molar-refractivity contribution in [3.8, 4) is 5.69 Å². The molecule has 0 spiro atoms. The molecule has 1 aromatic heterocycles. The molecule has 1 amide bonds. The highest BCUT2D eigenvalue weighted by molar-refractivity contribution is 6.30. The number of aromatic nitrogens is 3. The van der Waals surface area contributed by atoms with E-state index < -0.39 is 0 Å². The van der Waals surface area contributed by atoms with Gasteiger partial charge < -0.3 is 15.0 Å². The van der Waals surface area contributed by atoms with Gasteiger partial charge in [-0.1, -0.05) is 11.6 Å². The van der Waals surface area contributed by atoms with Crippen LogP contribution in [0.25, 0.3) is 5.69 Å². The lowest BCUT2D eigenvalue weighted by atomic mass is 10.3. The highest BCUT2D eigenvalue weighted by Crippen LogP contribution is 2.14. The third-order valence-electron chi connectivity index (χ3n) is 3.72. The number of carbonyl (C=O) groups excluding carboxylic acids is 1. The molecule has 1 N–H and O–H groups in total. The van der Waals surface area contributed by atoms with Gasteiger partial charge in [0.25, 0.3) is 5.91 Å². The normalized spacial score (nSPS) is 11.1. The molecule has 0 fully saturated rings. The third kappa shape index (κ3) is 5.81. The number of nitrogens with zero attached hydrogens (tertiary/aromatic N) is 4. The van der Waals surface area contributed by atoms with Gasteiger partial charge in [-0.3, -0.25) is 4.79 Å². The van der Waals surface area contributed by atoms with Crippen LogP contribution in [0.15, 0.2) is 24.3 Å². The van der Waals surface area contributed by atoms with Gasteiger partial charge in [0.05, 0.1) is 12.3 Å². The summed E-state index contributed by atoms with van der Waals surface area (Å²) in [4.78, 5) is 18.6. The van der Waals surface area contributed by atoms with E-state index in [0.717, 1.165) is 25.2 Å². The van der Waals surface area contributed by atoms with E-state index in [1.54, 1.807) is 23.9 Å². The van der Waals surface area contributed by atoms with E-state index in [1.165, 1.54) is 0 Å². The number of benzene rings is 1. The van der Waals surface area contributed by atoms with Crippen LogP contribution in [0.5, 0.6) is 0 Å². The molecule has 0 saturated carbocycles. The van der Waals surface area contributed by atoms with Crippen LogP contribution in [0.2, 0.25) is 5.02 Å². The Bertz CT molecular complexity index is 687. The molecule has 1 heterocycles. The maximum Gasteiger partial charge on any atom is 0.290 e. The summed E-state index contributed by atoms with van der Waals surface area (Å²) in [6.07, 6.45) is 0.850. The Morgan fingerprint density at radius 1 is 1.32 bits per heavy atom. The summed E-state index contributed by atoms with van der Waals surface area (Å²) in [5.74, 6) is 0.544. The molecule has 1 aromatic carbocycles. The number of hydrogen-bond acceptors (Lipinski definition) is 5. The van der Waals surface area contributed by atoms with Crippen LogP contribution < -0.4 is 5.32 Å². The average molecular weight is 366 g/mol. The van der Waals surface area contributed by atoms with Gasteiger partial charge in [-0.25, -0.2) is 9.67 Å². The number of amides is 1. The molecular weight excluding hydrogens is 342 g/mol. The van der Waals surface area contributed by atoms with Gasteiger partial charge in [0.1, 0.15) is 5.82 Å². The van der Waals surface area contributed by atoms with Crippen molar-refractivity contribution in [1.29, 1.82) is 0 Å². The van der Waals surface area contributed by atoms with Crippen LogP contribution in [-0.2, 0) is 4.74 Å². The van der Waals surface area contributed by atoms with E-state index in [9.17, 15) is 4.79 Å². The first kappa shape index (κ1) is 19.4. The zero-order chi connectivity index (χ0) is 18.2. The Kier molecular flexibility index (Phi) is 7.36. The van der Waals surface area contributed by atoms with Gasteiger partial charge in [0.2, 0.25) is 5.82 Å². The summed E-state index contributed by atoms with van der Waals surface area (Å²) >= 11 is 5.90. The highest BCUT2D eigenvalue weighted by Gasteiger charge is 2.14. The minimum absolute atomic E-state index is 0.167. The number of ether oxygens (including phenoxy) is 1. The smallest absolute Gasteiger partial charge is 0.290 e. The Balaban J connectivity index is 1.86. The zero-order valence-electron chi connectivity index (χ0n) is 14.8. The molecule has 2 aromatic rings. The van der Waals surface area contributed by atoms with Crippen LogP contribution >= 0.6 is 11.6 Å². The molecule has 0 aliphatic carbocycles. The summed E-state index contributed by atoms with van der Waals surface area (Å²) < 4.78 is 6.66. The molecule has 0 radical (unpaired) electrons. The van der Waals surface area contributed by atoms with Crippen molar-refractivity contribution in [1.82, 2.24) is 25.0 Å². The van der Waals surface area contributed by atoms with Crippen molar-refractivity contribution in [2.24, 2.45) is 0 Å². The lowest BCUT2D eigenvalue weighted by Crippen LogP contribution is -2.30. The fraction of sp³-hybridized carbons (Fsp3) is 0.471. The van der Waals surface area contributed by atoms with Crippen molar-refractivity contribution < 1.29 is 9.53 Å². The average Bonchev–Trinajstić information content (AvgIpc) is 2.99. The quantitative estimate of drug-likeness (QED) is 0.687. The monoisotopic (exact) mass is 365 g/mol. The molecule has 25 heavy (non-hydrogen) atoms. The lowest BCUT2D eigenvalue weighted by Gasteiger charge is -2.15. The summed E-state index contributed by atoms with van der Waals surface area (Å²) in [5.41, 5.74) is 0.813. The lowest BCUT2D eigenvalue weighted by molar-refractivity contribution is 0.0940. The summed E-state index contributed by atoms with van der Waals surface area (Å²) in [5, 5.41) is 7.79. The molecule has 0 aliphatic heterocycles. The minimum atomic E-state index is -0.268. The Labute approximate surface area is 152 Å². The van der Waals surface area contributed by atoms with Crippen molar-refractivity contribution in [3.63, 3.8) is 0 Å². The second kappa shape index (κ2) is 9.50. The van der Waals surface area contributed by atoms with Gasteiger partial charge in [0, 0.05) is 25.2 Å². The van der Waals surface area contributed by atoms with E-state index in [0.29, 0.717) is 24.0 Å². The third-order valence-corrected chi connectivity index (χ3v) is 3.97. The Hall–Kier alpha value is -1.96. The maximum absolute atomic E-state index is 12.2. The maximum atomic E-state index is 12.2. The first-order valence-electron chi connectivity index (χ1n) is 8.16. The number of nitrogens with one attached hydrogen (secondary N) is 1. The van der Waals surface area contributed by atoms with Crippen LogP contribution in [0.3, 0.4) is 0 Å². The summed E-state index contributed by atoms with van der Waals surface area (Å²) in [6.45, 7) is 4.84. The van der Waals surface area contributed by atoms with Gasteiger partial charge in [-0.15, -0.1) is 5.10 Å². The van der Waals surface area contributed by atoms with Crippen LogP contribution in [-0.4, -0.2) is 66.0 Å². The van der Waals surface area contributed by atoms with Crippen molar-refractivity contribution in [2.45, 2.75) is 13.3 Å². The van der Waals surface area contributed by atoms with Crippen molar-refractivity contribution >= 4 is 17.5 Å². The van der Waals surface area contributed by atoms with E-state index in [-0.39, 0.29) is 11.7 Å². The first-order chi connectivity index (χ1) is 12.0. The molecule has 0 saturated heterocycles. The van der Waals surface area contributed by atoms with Gasteiger partial charge in [-0.2, -0.15) is 0 Å². The Morgan fingerprint density at radius 3 is 2.72 bits per heavy atom. The molecule has 7 nitrogen and oxygen atoms in total. The number of aryl methyl sites for hydroxylation is 1. The number of halogens is 1. The fourth-order valence-corrected chi connectivity index (χ4v) is 2.43. The standard InChI is InChI=1S/C17H24ClN5O2/c1-13-20-16(21-23(13)15-7-5-14(18)6-8-15)17(24)19-9-4-10-22(2)11-12-25-3/h5-8H,4,9-12H2,1-3H3,(H,19,24). The van der Waals surface area contributed by atoms with E-state index in [2.05, 4.69) is 20.3 Å². The first-order valence-corrected chi connectivity index (χ1v) is 8.54. The largest absolute Gasteiger partial charge is 0.383 e. The zero-order valence-corrected chi connectivity index (χ0v) is 15.6. The number of hydrogen-bond donors (Lipinski definition) is 1. The molecule has 0 atom stereocenters. The number of likely N-dealkylation sites (N-methyl/N-ethyl adjacent to an activating group) is 1. The SMILES string of the molecule is COCCN(C)CCCNC(=O)c1nc(C)n(-c2ccc(Cl)cc2)n1. The molecule has 136 valence electrons. The molecule has 8 heteroatoms. The predicted molar refractivity (Wildman–Crippen MR) is 97.4 cm³/mol. The summed E-state index contributed by atoms with van der Waals surface area (Å²) in [7, 11) is 3.71.